The number of carbonyl (C=O) groups is 2. The van der Waals surface area contributed by atoms with Gasteiger partial charge in [0.15, 0.2) is 6.29 Å². The monoisotopic (exact) mass is 788 g/mol. The summed E-state index contributed by atoms with van der Waals surface area (Å²) in [6.45, 7) is 2.67. The molecule has 0 saturated carbocycles. The number of carbonyl (C=O) groups excluding carboxylic acids is 2. The van der Waals surface area contributed by atoms with E-state index < -0.39 is 6.29 Å². The molecule has 1 heterocycles. The summed E-state index contributed by atoms with van der Waals surface area (Å²) >= 11 is 0. The molecule has 6 aromatic rings. The number of aliphatic hydroxyl groups is 1. The number of aliphatic hydroxyl groups excluding tert-OH is 1. The molecule has 0 aromatic heterocycles. The van der Waals surface area contributed by atoms with Crippen molar-refractivity contribution in [1.29, 1.82) is 0 Å². The van der Waals surface area contributed by atoms with Gasteiger partial charge in [0.25, 0.3) is 0 Å². The van der Waals surface area contributed by atoms with E-state index in [0.717, 1.165) is 53.0 Å². The number of nitrogens with one attached hydrogen (secondary N) is 2. The van der Waals surface area contributed by atoms with Crippen molar-refractivity contribution in [3.05, 3.63) is 191 Å². The van der Waals surface area contributed by atoms with Crippen LogP contribution < -0.4 is 16.4 Å². The number of amides is 2. The van der Waals surface area contributed by atoms with Gasteiger partial charge in [0.1, 0.15) is 0 Å². The van der Waals surface area contributed by atoms with Gasteiger partial charge in [-0.2, -0.15) is 0 Å². The van der Waals surface area contributed by atoms with Crippen LogP contribution in [-0.2, 0) is 45.3 Å². The fraction of sp³-hybridized carbons (Fsp3) is 0.240. The summed E-state index contributed by atoms with van der Waals surface area (Å²) in [5, 5.41) is 15.5. The summed E-state index contributed by atoms with van der Waals surface area (Å²) < 4.78 is 13.5. The lowest BCUT2D eigenvalue weighted by Crippen LogP contribution is -2.39. The molecule has 9 heteroatoms. The van der Waals surface area contributed by atoms with Crippen molar-refractivity contribution in [2.75, 3.05) is 17.6 Å². The first kappa shape index (κ1) is 41.1. The molecule has 59 heavy (non-hydrogen) atoms. The summed E-state index contributed by atoms with van der Waals surface area (Å²) in [6, 6.07) is 52.6. The van der Waals surface area contributed by atoms with Crippen LogP contribution in [0.4, 0.5) is 11.4 Å². The van der Waals surface area contributed by atoms with Gasteiger partial charge in [0.2, 0.25) is 11.8 Å². The highest BCUT2D eigenvalue weighted by Gasteiger charge is 2.33. The Morgan fingerprint density at radius 2 is 1.27 bits per heavy atom. The zero-order valence-electron chi connectivity index (χ0n) is 33.2. The Hall–Kier alpha value is -6.10. The fourth-order valence-corrected chi connectivity index (χ4v) is 7.40. The third kappa shape index (κ3) is 12.0. The van der Waals surface area contributed by atoms with Gasteiger partial charge in [-0.3, -0.25) is 14.5 Å². The van der Waals surface area contributed by atoms with Crippen LogP contribution in [0, 0.1) is 0 Å². The van der Waals surface area contributed by atoms with E-state index in [1.807, 2.05) is 60.7 Å². The third-order valence-corrected chi connectivity index (χ3v) is 10.6. The zero-order valence-corrected chi connectivity index (χ0v) is 33.2. The van der Waals surface area contributed by atoms with Crippen LogP contribution >= 0.6 is 0 Å². The molecule has 3 atom stereocenters. The minimum Gasteiger partial charge on any atom is -0.397 e. The van der Waals surface area contributed by atoms with E-state index in [1.165, 1.54) is 11.1 Å². The molecule has 6 aromatic carbocycles. The molecule has 1 aliphatic rings. The van der Waals surface area contributed by atoms with Crippen molar-refractivity contribution in [3.63, 3.8) is 0 Å². The normalized spacial score (nSPS) is 16.4. The first-order valence-corrected chi connectivity index (χ1v) is 20.3. The van der Waals surface area contributed by atoms with Crippen molar-refractivity contribution >= 4 is 23.2 Å². The Kier molecular flexibility index (Phi) is 14.3. The van der Waals surface area contributed by atoms with Crippen molar-refractivity contribution in [2.24, 2.45) is 0 Å². The molecule has 1 fully saturated rings. The van der Waals surface area contributed by atoms with Crippen LogP contribution in [0.3, 0.4) is 0 Å². The first-order valence-electron chi connectivity index (χ1n) is 20.3. The molecule has 0 aliphatic carbocycles. The number of hydrogen-bond acceptors (Lipinski definition) is 7. The van der Waals surface area contributed by atoms with E-state index in [-0.39, 0.29) is 43.5 Å². The molecule has 7 rings (SSSR count). The topological polar surface area (TPSA) is 126 Å². The fourth-order valence-electron chi connectivity index (χ4n) is 7.40. The predicted molar refractivity (Wildman–Crippen MR) is 232 cm³/mol. The second-order valence-electron chi connectivity index (χ2n) is 15.1. The first-order chi connectivity index (χ1) is 28.9. The van der Waals surface area contributed by atoms with Crippen LogP contribution in [0.25, 0.3) is 11.1 Å². The number of nitrogen functional groups attached to an aromatic ring is 1. The van der Waals surface area contributed by atoms with Gasteiger partial charge in [0, 0.05) is 51.0 Å². The number of nitrogens with two attached hydrogens (primary N) is 1. The maximum atomic E-state index is 12.6. The molecule has 1 aliphatic heterocycles. The summed E-state index contributed by atoms with van der Waals surface area (Å²) in [4.78, 5) is 27.4. The second kappa shape index (κ2) is 20.5. The highest BCUT2D eigenvalue weighted by atomic mass is 16.7. The molecule has 0 unspecified atom stereocenters. The smallest absolute Gasteiger partial charge is 0.224 e. The van der Waals surface area contributed by atoms with Crippen molar-refractivity contribution in [2.45, 2.75) is 70.4 Å². The van der Waals surface area contributed by atoms with E-state index in [2.05, 4.69) is 100 Å². The van der Waals surface area contributed by atoms with Crippen molar-refractivity contribution in [3.8, 4) is 11.1 Å². The van der Waals surface area contributed by atoms with Gasteiger partial charge in [-0.25, -0.2) is 0 Å². The molecule has 302 valence electrons. The number of rotatable bonds is 17. The van der Waals surface area contributed by atoms with E-state index in [1.54, 1.807) is 12.1 Å². The number of ether oxygens (including phenoxy) is 2. The van der Waals surface area contributed by atoms with Crippen LogP contribution in [0.2, 0.25) is 0 Å². The van der Waals surface area contributed by atoms with E-state index in [9.17, 15) is 14.7 Å². The van der Waals surface area contributed by atoms with Gasteiger partial charge in [-0.15, -0.1) is 0 Å². The Bertz CT molecular complexity index is 2210. The Morgan fingerprint density at radius 1 is 0.644 bits per heavy atom. The van der Waals surface area contributed by atoms with Gasteiger partial charge in [-0.05, 0) is 63.6 Å². The summed E-state index contributed by atoms with van der Waals surface area (Å²) in [5.41, 5.74) is 15.4. The van der Waals surface area contributed by atoms with Crippen LogP contribution in [-0.4, -0.2) is 34.5 Å². The van der Waals surface area contributed by atoms with Crippen molar-refractivity contribution in [1.82, 2.24) is 10.2 Å². The summed E-state index contributed by atoms with van der Waals surface area (Å²) in [5.74, 6) is -0.281. The van der Waals surface area contributed by atoms with E-state index in [0.29, 0.717) is 30.8 Å². The average Bonchev–Trinajstić information content (AvgIpc) is 3.27. The van der Waals surface area contributed by atoms with Crippen LogP contribution in [0.1, 0.15) is 71.5 Å². The van der Waals surface area contributed by atoms with Gasteiger partial charge in [0.05, 0.1) is 30.2 Å². The molecule has 0 bridgehead atoms. The van der Waals surface area contributed by atoms with Crippen molar-refractivity contribution < 1.29 is 24.2 Å². The second-order valence-corrected chi connectivity index (χ2v) is 15.1. The minimum absolute atomic E-state index is 0.00796. The number of benzene rings is 6. The number of nitrogens with zero attached hydrogens (tertiary/aromatic N) is 1. The summed E-state index contributed by atoms with van der Waals surface area (Å²) in [6.07, 6.45) is 0.713. The van der Waals surface area contributed by atoms with Gasteiger partial charge >= 0.3 is 0 Å². The Morgan fingerprint density at radius 3 is 1.95 bits per heavy atom. The highest BCUT2D eigenvalue weighted by Crippen LogP contribution is 2.39. The molecule has 0 radical (unpaired) electrons. The van der Waals surface area contributed by atoms with Gasteiger partial charge in [-0.1, -0.05) is 140 Å². The molecule has 0 spiro atoms. The molecule has 5 N–H and O–H groups in total. The Balaban J connectivity index is 0.994. The lowest BCUT2D eigenvalue weighted by atomic mass is 9.98. The summed E-state index contributed by atoms with van der Waals surface area (Å²) in [7, 11) is 0. The maximum absolute atomic E-state index is 12.6. The SMILES string of the molecule is Nc1ccccc1NC(=O)CCCC(=O)NCc1cccc(-c2ccc([C@@H]3O[C@H](CN(Cc4ccccc4)Cc4ccccc4)C[C@H](c4ccc(CO)cc4)O3)cc2)c1. The largest absolute Gasteiger partial charge is 0.397 e. The van der Waals surface area contributed by atoms with E-state index >= 15 is 0 Å². The predicted octanol–water partition coefficient (Wildman–Crippen LogP) is 9.10. The number of para-hydroxylation sites is 2. The molecule has 9 nitrogen and oxygen atoms in total. The number of hydrogen-bond donors (Lipinski definition) is 4. The van der Waals surface area contributed by atoms with Crippen LogP contribution in [0.5, 0.6) is 0 Å². The Labute approximate surface area is 346 Å². The lowest BCUT2D eigenvalue weighted by Gasteiger charge is -2.38. The minimum atomic E-state index is -0.579. The van der Waals surface area contributed by atoms with E-state index in [4.69, 9.17) is 15.2 Å². The van der Waals surface area contributed by atoms with Crippen LogP contribution in [0.15, 0.2) is 158 Å². The third-order valence-electron chi connectivity index (χ3n) is 10.6. The number of anilines is 2. The molecule has 1 saturated heterocycles. The molecular weight excluding hydrogens is 737 g/mol. The quantitative estimate of drug-likeness (QED) is 0.0680. The van der Waals surface area contributed by atoms with Gasteiger partial charge < -0.3 is 30.9 Å². The zero-order chi connectivity index (χ0) is 40.8. The standard InChI is InChI=1S/C50H52N4O5/c51-45-17-7-8-18-46(45)53-49(57)20-10-19-48(56)52-31-39-15-9-16-43(29-39)40-25-27-42(28-26-40)50-58-44(30-47(59-50)41-23-21-38(35-55)22-24-41)34-54(32-36-11-3-1-4-12-36)33-37-13-5-2-6-14-37/h1-9,11-18,21-29,44,47,50,55H,10,19-20,30-35,51H2,(H,52,56)(H,53,57)/t44-,47+,50+/m0/s1. The maximum Gasteiger partial charge on any atom is 0.224 e. The lowest BCUT2D eigenvalue weighted by molar-refractivity contribution is -0.253. The molecule has 2 amide bonds. The molecular formula is C50H52N4O5. The average molecular weight is 789 g/mol. The highest BCUT2D eigenvalue weighted by molar-refractivity contribution is 5.94.